The average molecular weight is 549 g/mol. The Morgan fingerprint density at radius 1 is 1.02 bits per heavy atom. The Bertz CT molecular complexity index is 1240. The van der Waals surface area contributed by atoms with Crippen LogP contribution in [0.3, 0.4) is 0 Å². The quantitative estimate of drug-likeness (QED) is 0.389. The number of benzene rings is 2. The fraction of sp³-hybridized carbons (Fsp3) is 0.531. The molecule has 8 heteroatoms. The van der Waals surface area contributed by atoms with Crippen LogP contribution in [0.25, 0.3) is 0 Å². The van der Waals surface area contributed by atoms with Gasteiger partial charge >= 0.3 is 5.97 Å². The Hall–Kier alpha value is -3.39. The van der Waals surface area contributed by atoms with Crippen molar-refractivity contribution >= 4 is 17.8 Å². The van der Waals surface area contributed by atoms with Gasteiger partial charge in [0, 0.05) is 38.9 Å². The molecule has 2 aliphatic heterocycles. The van der Waals surface area contributed by atoms with Crippen LogP contribution in [0.4, 0.5) is 0 Å². The number of likely N-dealkylation sites (tertiary alicyclic amines) is 1. The SMILES string of the molecule is Cc1cc(CN(CCc2ccc3c(c2)CCO3)CC2(C(=O)O)CCCCC2)ccc1OCCN1C(=O)CCC1=O. The maximum atomic E-state index is 12.5. The predicted molar refractivity (Wildman–Crippen MR) is 150 cm³/mol. The molecule has 8 nitrogen and oxygen atoms in total. The number of rotatable bonds is 12. The highest BCUT2D eigenvalue weighted by Crippen LogP contribution is 2.38. The van der Waals surface area contributed by atoms with E-state index in [-0.39, 0.29) is 37.8 Å². The Morgan fingerprint density at radius 2 is 1.77 bits per heavy atom. The van der Waals surface area contributed by atoms with Gasteiger partial charge in [0.1, 0.15) is 18.1 Å². The highest BCUT2D eigenvalue weighted by Gasteiger charge is 2.41. The second-order valence-electron chi connectivity index (χ2n) is 11.5. The summed E-state index contributed by atoms with van der Waals surface area (Å²) in [7, 11) is 0. The summed E-state index contributed by atoms with van der Waals surface area (Å²) in [5.41, 5.74) is 3.88. The van der Waals surface area contributed by atoms with E-state index in [4.69, 9.17) is 9.47 Å². The summed E-state index contributed by atoms with van der Waals surface area (Å²) in [5.74, 6) is 0.757. The first-order valence-corrected chi connectivity index (χ1v) is 14.6. The summed E-state index contributed by atoms with van der Waals surface area (Å²) in [4.78, 5) is 39.8. The normalized spacial score (nSPS) is 18.2. The van der Waals surface area contributed by atoms with Crippen molar-refractivity contribution < 1.29 is 29.0 Å². The van der Waals surface area contributed by atoms with Gasteiger partial charge in [-0.15, -0.1) is 0 Å². The number of hydrogen-bond acceptors (Lipinski definition) is 6. The molecule has 2 heterocycles. The van der Waals surface area contributed by atoms with Crippen LogP contribution >= 0.6 is 0 Å². The fourth-order valence-electron chi connectivity index (χ4n) is 6.34. The van der Waals surface area contributed by atoms with Gasteiger partial charge < -0.3 is 14.6 Å². The van der Waals surface area contributed by atoms with Crippen molar-refractivity contribution in [3.63, 3.8) is 0 Å². The van der Waals surface area contributed by atoms with Gasteiger partial charge in [0.25, 0.3) is 0 Å². The van der Waals surface area contributed by atoms with E-state index in [0.29, 0.717) is 13.1 Å². The minimum Gasteiger partial charge on any atom is -0.493 e. The van der Waals surface area contributed by atoms with E-state index in [2.05, 4.69) is 29.2 Å². The molecule has 3 aliphatic rings. The molecule has 1 saturated carbocycles. The molecule has 5 rings (SSSR count). The number of carbonyl (C=O) groups is 3. The molecular weight excluding hydrogens is 508 g/mol. The number of ether oxygens (including phenoxy) is 2. The molecule has 1 N–H and O–H groups in total. The standard InChI is InChI=1S/C32H40N2O6/c1-23-19-25(6-7-27(23)40-18-16-34-29(35)9-10-30(34)36)21-33(22-32(31(37)38)13-3-2-4-14-32)15-11-24-5-8-28-26(20-24)12-17-39-28/h5-8,19-20H,2-4,9-18,21-22H2,1H3,(H,37,38). The van der Waals surface area contributed by atoms with Gasteiger partial charge in [-0.05, 0) is 60.6 Å². The lowest BCUT2D eigenvalue weighted by molar-refractivity contribution is -0.152. The van der Waals surface area contributed by atoms with Crippen molar-refractivity contribution in [2.45, 2.75) is 71.3 Å². The summed E-state index contributed by atoms with van der Waals surface area (Å²) in [6.45, 7) is 5.20. The zero-order valence-electron chi connectivity index (χ0n) is 23.5. The minimum absolute atomic E-state index is 0.133. The van der Waals surface area contributed by atoms with Crippen LogP contribution in [-0.4, -0.2) is 65.5 Å². The van der Waals surface area contributed by atoms with Crippen molar-refractivity contribution in [3.8, 4) is 11.5 Å². The molecule has 1 saturated heterocycles. The molecule has 0 aromatic heterocycles. The monoisotopic (exact) mass is 548 g/mol. The molecule has 1 aliphatic carbocycles. The smallest absolute Gasteiger partial charge is 0.310 e. The van der Waals surface area contributed by atoms with Crippen molar-refractivity contribution in [2.75, 3.05) is 32.8 Å². The third-order valence-electron chi connectivity index (χ3n) is 8.63. The summed E-state index contributed by atoms with van der Waals surface area (Å²) in [5, 5.41) is 10.3. The van der Waals surface area contributed by atoms with Crippen molar-refractivity contribution in [1.82, 2.24) is 9.80 Å². The largest absolute Gasteiger partial charge is 0.493 e. The van der Waals surface area contributed by atoms with E-state index in [1.165, 1.54) is 16.0 Å². The zero-order valence-corrected chi connectivity index (χ0v) is 23.5. The van der Waals surface area contributed by atoms with Crippen LogP contribution in [0, 0.1) is 12.3 Å². The molecule has 0 spiro atoms. The zero-order chi connectivity index (χ0) is 28.1. The van der Waals surface area contributed by atoms with E-state index in [1.807, 2.05) is 19.1 Å². The number of nitrogens with zero attached hydrogens (tertiary/aromatic N) is 2. The summed E-state index contributed by atoms with van der Waals surface area (Å²) in [6.07, 6.45) is 6.83. The maximum Gasteiger partial charge on any atom is 0.310 e. The average Bonchev–Trinajstić information content (AvgIpc) is 3.54. The molecular formula is C32H40N2O6. The number of imide groups is 1. The lowest BCUT2D eigenvalue weighted by Crippen LogP contribution is -2.45. The molecule has 0 radical (unpaired) electrons. The van der Waals surface area contributed by atoms with E-state index >= 15 is 0 Å². The predicted octanol–water partition coefficient (Wildman–Crippen LogP) is 4.54. The number of amides is 2. The third-order valence-corrected chi connectivity index (χ3v) is 8.63. The number of carboxylic acids is 1. The molecule has 214 valence electrons. The fourth-order valence-corrected chi connectivity index (χ4v) is 6.34. The highest BCUT2D eigenvalue weighted by molar-refractivity contribution is 6.01. The first-order chi connectivity index (χ1) is 19.3. The van der Waals surface area contributed by atoms with Crippen LogP contribution in [-0.2, 0) is 33.8 Å². The second-order valence-corrected chi connectivity index (χ2v) is 11.5. The summed E-state index contributed by atoms with van der Waals surface area (Å²) >= 11 is 0. The second kappa shape index (κ2) is 12.4. The van der Waals surface area contributed by atoms with Gasteiger partial charge in [-0.2, -0.15) is 0 Å². The summed E-state index contributed by atoms with van der Waals surface area (Å²) in [6, 6.07) is 12.5. The lowest BCUT2D eigenvalue weighted by Gasteiger charge is -2.38. The Kier molecular flexibility index (Phi) is 8.74. The molecule has 2 fully saturated rings. The molecule has 40 heavy (non-hydrogen) atoms. The van der Waals surface area contributed by atoms with Gasteiger partial charge in [-0.3, -0.25) is 24.2 Å². The molecule has 2 aromatic rings. The third kappa shape index (κ3) is 6.49. The Morgan fingerprint density at radius 3 is 2.50 bits per heavy atom. The van der Waals surface area contributed by atoms with Crippen molar-refractivity contribution in [2.24, 2.45) is 5.41 Å². The lowest BCUT2D eigenvalue weighted by atomic mass is 9.73. The maximum absolute atomic E-state index is 12.5. The number of aliphatic carboxylic acids is 1. The van der Waals surface area contributed by atoms with E-state index in [1.54, 1.807) is 0 Å². The Balaban J connectivity index is 1.26. The van der Waals surface area contributed by atoms with Gasteiger partial charge in [0.2, 0.25) is 11.8 Å². The van der Waals surface area contributed by atoms with Crippen LogP contribution in [0.2, 0.25) is 0 Å². The van der Waals surface area contributed by atoms with Crippen molar-refractivity contribution in [3.05, 3.63) is 58.7 Å². The molecule has 0 unspecified atom stereocenters. The van der Waals surface area contributed by atoms with E-state index < -0.39 is 11.4 Å². The number of aryl methyl sites for hydroxylation is 1. The van der Waals surface area contributed by atoms with Gasteiger partial charge in [0.15, 0.2) is 0 Å². The first kappa shape index (κ1) is 28.1. The Labute approximate surface area is 236 Å². The van der Waals surface area contributed by atoms with Crippen molar-refractivity contribution in [1.29, 1.82) is 0 Å². The number of carboxylic acid groups (broad SMARTS) is 1. The first-order valence-electron chi connectivity index (χ1n) is 14.6. The molecule has 2 aromatic carbocycles. The number of hydrogen-bond donors (Lipinski definition) is 1. The topological polar surface area (TPSA) is 96.4 Å². The van der Waals surface area contributed by atoms with Crippen LogP contribution < -0.4 is 9.47 Å². The summed E-state index contributed by atoms with van der Waals surface area (Å²) < 4.78 is 11.6. The van der Waals surface area contributed by atoms with Crippen LogP contribution in [0.1, 0.15) is 67.2 Å². The molecule has 0 atom stereocenters. The van der Waals surface area contributed by atoms with Gasteiger partial charge in [0.05, 0.1) is 18.6 Å². The van der Waals surface area contributed by atoms with E-state index in [0.717, 1.165) is 80.7 Å². The van der Waals surface area contributed by atoms with Crippen LogP contribution in [0.15, 0.2) is 36.4 Å². The van der Waals surface area contributed by atoms with Gasteiger partial charge in [-0.25, -0.2) is 0 Å². The molecule has 0 bridgehead atoms. The number of fused-ring (bicyclic) bond motifs is 1. The highest BCUT2D eigenvalue weighted by atomic mass is 16.5. The number of carbonyl (C=O) groups excluding carboxylic acids is 2. The van der Waals surface area contributed by atoms with Gasteiger partial charge in [-0.1, -0.05) is 43.5 Å². The molecule has 2 amide bonds. The van der Waals surface area contributed by atoms with E-state index in [9.17, 15) is 19.5 Å². The minimum atomic E-state index is -0.702. The van der Waals surface area contributed by atoms with Crippen LogP contribution in [0.5, 0.6) is 11.5 Å².